The number of carbonyl (C=O) groups is 2. The number of ether oxygens (including phenoxy) is 2. The maximum atomic E-state index is 12.8. The minimum atomic E-state index is -0.521. The van der Waals surface area contributed by atoms with Crippen LogP contribution in [0.25, 0.3) is 0 Å². The molecule has 2 aliphatic carbocycles. The average molecular weight is 336 g/mol. The predicted molar refractivity (Wildman–Crippen MR) is 93.4 cm³/mol. The zero-order chi connectivity index (χ0) is 18.1. The van der Waals surface area contributed by atoms with Gasteiger partial charge in [-0.1, -0.05) is 5.57 Å². The highest BCUT2D eigenvalue weighted by atomic mass is 16.6. The third-order valence-corrected chi connectivity index (χ3v) is 4.56. The summed E-state index contributed by atoms with van der Waals surface area (Å²) in [6, 6.07) is 0. The fourth-order valence-electron chi connectivity index (χ4n) is 3.82. The number of carbonyl (C=O) groups excluding carboxylic acids is 2. The van der Waals surface area contributed by atoms with E-state index in [0.717, 1.165) is 37.7 Å². The molecule has 0 spiro atoms. The second-order valence-electron chi connectivity index (χ2n) is 9.09. The summed E-state index contributed by atoms with van der Waals surface area (Å²) in [6.07, 6.45) is 5.44. The lowest BCUT2D eigenvalue weighted by Gasteiger charge is -2.32. The van der Waals surface area contributed by atoms with Gasteiger partial charge >= 0.3 is 11.9 Å². The summed E-state index contributed by atoms with van der Waals surface area (Å²) in [5.74, 6) is -0.0373. The molecule has 136 valence electrons. The third-order valence-electron chi connectivity index (χ3n) is 4.56. The molecule has 1 saturated carbocycles. The molecule has 0 aromatic carbocycles. The fraction of sp³-hybridized carbons (Fsp3) is 0.800. The summed E-state index contributed by atoms with van der Waals surface area (Å²) >= 11 is 0. The lowest BCUT2D eigenvalue weighted by molar-refractivity contribution is -0.156. The standard InChI is InChI=1S/C20H32O4/c1-19(2,3)23-16(21)12-14-11-10-13-8-7-9-15(13)17(14)18(22)24-20(4,5)6/h13-14H,7-12H2,1-6H3/t13-,14+/m1/s1. The van der Waals surface area contributed by atoms with Gasteiger partial charge in [-0.25, -0.2) is 4.79 Å². The van der Waals surface area contributed by atoms with Crippen LogP contribution in [0.5, 0.6) is 0 Å². The molecule has 0 bridgehead atoms. The SMILES string of the molecule is CC(C)(C)OC(=O)C[C@@H]1CC[C@H]2CCCC2=C1C(=O)OC(C)(C)C. The lowest BCUT2D eigenvalue weighted by Crippen LogP contribution is -2.32. The second kappa shape index (κ2) is 6.89. The van der Waals surface area contributed by atoms with Crippen LogP contribution in [0.15, 0.2) is 11.1 Å². The van der Waals surface area contributed by atoms with Crippen LogP contribution in [0.3, 0.4) is 0 Å². The Bertz CT molecular complexity index is 531. The van der Waals surface area contributed by atoms with Gasteiger partial charge in [0.25, 0.3) is 0 Å². The molecule has 1 fully saturated rings. The van der Waals surface area contributed by atoms with Crippen LogP contribution >= 0.6 is 0 Å². The first kappa shape index (κ1) is 19.0. The van der Waals surface area contributed by atoms with Gasteiger partial charge in [0, 0.05) is 11.5 Å². The Balaban J connectivity index is 2.21. The van der Waals surface area contributed by atoms with Crippen LogP contribution in [0.4, 0.5) is 0 Å². The molecule has 2 atom stereocenters. The minimum Gasteiger partial charge on any atom is -0.460 e. The highest BCUT2D eigenvalue weighted by Gasteiger charge is 2.38. The van der Waals surface area contributed by atoms with E-state index in [1.807, 2.05) is 41.5 Å². The molecule has 0 heterocycles. The molecule has 4 nitrogen and oxygen atoms in total. The fourth-order valence-corrected chi connectivity index (χ4v) is 3.82. The van der Waals surface area contributed by atoms with Gasteiger partial charge in [0.1, 0.15) is 11.2 Å². The van der Waals surface area contributed by atoms with Gasteiger partial charge in [0.15, 0.2) is 0 Å². The first-order valence-electron chi connectivity index (χ1n) is 9.14. The summed E-state index contributed by atoms with van der Waals surface area (Å²) in [5, 5.41) is 0. The van der Waals surface area contributed by atoms with Gasteiger partial charge in [-0.05, 0) is 79.6 Å². The summed E-state index contributed by atoms with van der Waals surface area (Å²) in [6.45, 7) is 11.2. The Morgan fingerprint density at radius 1 is 0.958 bits per heavy atom. The molecule has 0 radical (unpaired) electrons. The van der Waals surface area contributed by atoms with Crippen molar-refractivity contribution in [3.05, 3.63) is 11.1 Å². The highest BCUT2D eigenvalue weighted by molar-refractivity contribution is 5.91. The summed E-state index contributed by atoms with van der Waals surface area (Å²) in [4.78, 5) is 25.1. The molecular weight excluding hydrogens is 304 g/mol. The van der Waals surface area contributed by atoms with Crippen molar-refractivity contribution in [1.82, 2.24) is 0 Å². The molecule has 0 N–H and O–H groups in total. The number of hydrogen-bond acceptors (Lipinski definition) is 4. The summed E-state index contributed by atoms with van der Waals surface area (Å²) < 4.78 is 11.1. The van der Waals surface area contributed by atoms with Gasteiger partial charge in [-0.2, -0.15) is 0 Å². The number of rotatable bonds is 3. The van der Waals surface area contributed by atoms with Crippen LogP contribution in [0, 0.1) is 11.8 Å². The molecule has 0 amide bonds. The molecule has 4 heteroatoms. The maximum Gasteiger partial charge on any atom is 0.334 e. The van der Waals surface area contributed by atoms with Crippen molar-refractivity contribution in [2.45, 2.75) is 91.3 Å². The van der Waals surface area contributed by atoms with Gasteiger partial charge < -0.3 is 9.47 Å². The number of allylic oxidation sites excluding steroid dienone is 1. The first-order valence-corrected chi connectivity index (χ1v) is 9.14. The van der Waals surface area contributed by atoms with Crippen LogP contribution in [0.2, 0.25) is 0 Å². The molecule has 2 rings (SSSR count). The molecule has 0 aromatic rings. The Hall–Kier alpha value is -1.32. The molecule has 0 aromatic heterocycles. The van der Waals surface area contributed by atoms with Gasteiger partial charge in [0.2, 0.25) is 0 Å². The topological polar surface area (TPSA) is 52.6 Å². The average Bonchev–Trinajstić information content (AvgIpc) is 2.81. The van der Waals surface area contributed by atoms with E-state index in [-0.39, 0.29) is 24.3 Å². The van der Waals surface area contributed by atoms with Crippen LogP contribution in [0.1, 0.15) is 80.1 Å². The van der Waals surface area contributed by atoms with E-state index < -0.39 is 11.2 Å². The van der Waals surface area contributed by atoms with E-state index in [1.165, 1.54) is 5.57 Å². The predicted octanol–water partition coefficient (Wildman–Crippen LogP) is 4.57. The second-order valence-corrected chi connectivity index (χ2v) is 9.09. The molecule has 24 heavy (non-hydrogen) atoms. The number of esters is 2. The van der Waals surface area contributed by atoms with Crippen molar-refractivity contribution in [2.24, 2.45) is 11.8 Å². The van der Waals surface area contributed by atoms with E-state index in [0.29, 0.717) is 5.92 Å². The normalized spacial score (nSPS) is 24.6. The minimum absolute atomic E-state index is 0.0703. The van der Waals surface area contributed by atoms with E-state index in [1.54, 1.807) is 0 Å². The van der Waals surface area contributed by atoms with E-state index >= 15 is 0 Å². The molecule has 0 saturated heterocycles. The quantitative estimate of drug-likeness (QED) is 0.709. The van der Waals surface area contributed by atoms with E-state index in [9.17, 15) is 9.59 Å². The molecular formula is C20H32O4. The smallest absolute Gasteiger partial charge is 0.334 e. The van der Waals surface area contributed by atoms with Crippen molar-refractivity contribution in [3.63, 3.8) is 0 Å². The summed E-state index contributed by atoms with van der Waals surface area (Å²) in [5.41, 5.74) is 0.988. The molecule has 0 unspecified atom stereocenters. The van der Waals surface area contributed by atoms with E-state index in [2.05, 4.69) is 0 Å². The van der Waals surface area contributed by atoms with Gasteiger partial charge in [-0.3, -0.25) is 4.79 Å². The Morgan fingerprint density at radius 2 is 1.58 bits per heavy atom. The summed E-state index contributed by atoms with van der Waals surface area (Å²) in [7, 11) is 0. The number of hydrogen-bond donors (Lipinski definition) is 0. The maximum absolute atomic E-state index is 12.8. The van der Waals surface area contributed by atoms with Gasteiger partial charge in [0.05, 0.1) is 6.42 Å². The van der Waals surface area contributed by atoms with Crippen molar-refractivity contribution >= 4 is 11.9 Å². The Labute approximate surface area is 146 Å². The first-order chi connectivity index (χ1) is 11.0. The van der Waals surface area contributed by atoms with E-state index in [4.69, 9.17) is 9.47 Å². The Kier molecular flexibility index (Phi) is 5.46. The zero-order valence-electron chi connectivity index (χ0n) is 16.0. The highest BCUT2D eigenvalue weighted by Crippen LogP contribution is 2.45. The largest absolute Gasteiger partial charge is 0.460 e. The molecule has 0 aliphatic heterocycles. The van der Waals surface area contributed by atoms with Crippen LogP contribution in [-0.4, -0.2) is 23.1 Å². The van der Waals surface area contributed by atoms with Crippen LogP contribution in [-0.2, 0) is 19.1 Å². The lowest BCUT2D eigenvalue weighted by atomic mass is 9.76. The van der Waals surface area contributed by atoms with Crippen molar-refractivity contribution in [1.29, 1.82) is 0 Å². The van der Waals surface area contributed by atoms with Crippen molar-refractivity contribution in [2.75, 3.05) is 0 Å². The van der Waals surface area contributed by atoms with Gasteiger partial charge in [-0.15, -0.1) is 0 Å². The third kappa shape index (κ3) is 5.09. The monoisotopic (exact) mass is 336 g/mol. The van der Waals surface area contributed by atoms with Crippen molar-refractivity contribution in [3.8, 4) is 0 Å². The number of fused-ring (bicyclic) bond motifs is 1. The Morgan fingerprint density at radius 3 is 2.17 bits per heavy atom. The van der Waals surface area contributed by atoms with Crippen LogP contribution < -0.4 is 0 Å². The van der Waals surface area contributed by atoms with Crippen molar-refractivity contribution < 1.29 is 19.1 Å². The zero-order valence-corrected chi connectivity index (χ0v) is 16.0. The molecule has 2 aliphatic rings.